The molecule has 0 bridgehead atoms. The van der Waals surface area contributed by atoms with E-state index >= 15 is 0 Å². The fraction of sp³-hybridized carbons (Fsp3) is 0.118. The highest BCUT2D eigenvalue weighted by Crippen LogP contribution is 2.14. The van der Waals surface area contributed by atoms with E-state index in [0.29, 0.717) is 11.3 Å². The van der Waals surface area contributed by atoms with Crippen LogP contribution in [0.5, 0.6) is 5.75 Å². The van der Waals surface area contributed by atoms with Gasteiger partial charge in [0.2, 0.25) is 11.8 Å². The molecule has 0 aliphatic heterocycles. The topological polar surface area (TPSA) is 90.8 Å². The predicted molar refractivity (Wildman–Crippen MR) is 95.8 cm³/mol. The zero-order chi connectivity index (χ0) is 17.4. The van der Waals surface area contributed by atoms with E-state index in [1.54, 1.807) is 30.3 Å². The number of aromatic hydroxyl groups is 1. The maximum absolute atomic E-state index is 11.8. The standard InChI is InChI=1S/C17H16BrN3O3/c18-13-5-7-14(8-6-13)20-16(23)9-10-17(24)21-19-11-12-3-1-2-4-15(12)22/h1-8,11,22H,9-10H2,(H,20,23)(H,21,24). The van der Waals surface area contributed by atoms with Gasteiger partial charge in [0.15, 0.2) is 0 Å². The third kappa shape index (κ3) is 5.85. The van der Waals surface area contributed by atoms with Gasteiger partial charge in [-0.05, 0) is 36.4 Å². The number of carbonyl (C=O) groups excluding carboxylic acids is 2. The van der Waals surface area contributed by atoms with Crippen LogP contribution in [0.2, 0.25) is 0 Å². The van der Waals surface area contributed by atoms with Crippen LogP contribution in [-0.4, -0.2) is 23.1 Å². The van der Waals surface area contributed by atoms with Crippen molar-refractivity contribution in [2.45, 2.75) is 12.8 Å². The summed E-state index contributed by atoms with van der Waals surface area (Å²) in [6.45, 7) is 0. The Balaban J connectivity index is 1.73. The summed E-state index contributed by atoms with van der Waals surface area (Å²) in [6.07, 6.45) is 1.41. The van der Waals surface area contributed by atoms with Crippen LogP contribution in [0.4, 0.5) is 5.69 Å². The molecule has 2 aromatic carbocycles. The van der Waals surface area contributed by atoms with Gasteiger partial charge in [0, 0.05) is 28.6 Å². The van der Waals surface area contributed by atoms with Gasteiger partial charge in [-0.25, -0.2) is 5.43 Å². The molecule has 2 aromatic rings. The number of hydrazone groups is 1. The van der Waals surface area contributed by atoms with Crippen molar-refractivity contribution in [1.82, 2.24) is 5.43 Å². The van der Waals surface area contributed by atoms with Crippen LogP contribution in [0.15, 0.2) is 58.1 Å². The van der Waals surface area contributed by atoms with Crippen molar-refractivity contribution in [2.24, 2.45) is 5.10 Å². The minimum Gasteiger partial charge on any atom is -0.507 e. The SMILES string of the molecule is O=C(CCC(=O)Nc1ccc(Br)cc1)NN=Cc1ccccc1O. The van der Waals surface area contributed by atoms with Gasteiger partial charge in [-0.2, -0.15) is 5.10 Å². The molecular formula is C17H16BrN3O3. The van der Waals surface area contributed by atoms with Crippen molar-refractivity contribution >= 4 is 39.6 Å². The summed E-state index contributed by atoms with van der Waals surface area (Å²) >= 11 is 3.31. The number of rotatable bonds is 6. The number of halogens is 1. The van der Waals surface area contributed by atoms with E-state index in [1.807, 2.05) is 12.1 Å². The fourth-order valence-corrected chi connectivity index (χ4v) is 2.07. The van der Waals surface area contributed by atoms with Crippen molar-refractivity contribution < 1.29 is 14.7 Å². The van der Waals surface area contributed by atoms with Gasteiger partial charge in [-0.3, -0.25) is 9.59 Å². The van der Waals surface area contributed by atoms with Gasteiger partial charge >= 0.3 is 0 Å². The minimum absolute atomic E-state index is 0.0144. The maximum atomic E-state index is 11.8. The minimum atomic E-state index is -0.382. The van der Waals surface area contributed by atoms with Crippen molar-refractivity contribution in [3.8, 4) is 5.75 Å². The number of benzene rings is 2. The van der Waals surface area contributed by atoms with E-state index in [9.17, 15) is 14.7 Å². The molecule has 0 fully saturated rings. The molecule has 0 aliphatic rings. The molecule has 24 heavy (non-hydrogen) atoms. The summed E-state index contributed by atoms with van der Waals surface area (Å²) in [5, 5.41) is 16.0. The summed E-state index contributed by atoms with van der Waals surface area (Å²) in [5.74, 6) is -0.561. The summed E-state index contributed by atoms with van der Waals surface area (Å²) < 4.78 is 0.919. The third-order valence-corrected chi connectivity index (χ3v) is 3.57. The van der Waals surface area contributed by atoms with Crippen molar-refractivity contribution in [1.29, 1.82) is 0 Å². The van der Waals surface area contributed by atoms with Crippen LogP contribution in [-0.2, 0) is 9.59 Å². The highest BCUT2D eigenvalue weighted by Gasteiger charge is 2.06. The first-order chi connectivity index (χ1) is 11.5. The number of amides is 2. The number of para-hydroxylation sites is 1. The molecule has 2 amide bonds. The van der Waals surface area contributed by atoms with Gasteiger partial charge in [0.05, 0.1) is 6.21 Å². The molecule has 0 heterocycles. The Kier molecular flexibility index (Phi) is 6.51. The monoisotopic (exact) mass is 389 g/mol. The van der Waals surface area contributed by atoms with Gasteiger partial charge in [-0.15, -0.1) is 0 Å². The first-order valence-electron chi connectivity index (χ1n) is 7.20. The molecule has 124 valence electrons. The molecule has 0 radical (unpaired) electrons. The molecule has 6 nitrogen and oxygen atoms in total. The number of anilines is 1. The Morgan fingerprint density at radius 1 is 1.04 bits per heavy atom. The molecular weight excluding hydrogens is 374 g/mol. The number of nitrogens with zero attached hydrogens (tertiary/aromatic N) is 1. The lowest BCUT2D eigenvalue weighted by atomic mass is 10.2. The smallest absolute Gasteiger partial charge is 0.240 e. The summed E-state index contributed by atoms with van der Waals surface area (Å²) in [7, 11) is 0. The predicted octanol–water partition coefficient (Wildman–Crippen LogP) is 3.02. The van der Waals surface area contributed by atoms with E-state index < -0.39 is 0 Å². The lowest BCUT2D eigenvalue weighted by molar-refractivity contribution is -0.124. The van der Waals surface area contributed by atoms with Crippen LogP contribution in [0, 0.1) is 0 Å². The van der Waals surface area contributed by atoms with Gasteiger partial charge in [-0.1, -0.05) is 28.1 Å². The quantitative estimate of drug-likeness (QED) is 0.523. The molecule has 0 saturated heterocycles. The summed E-state index contributed by atoms with van der Waals surface area (Å²) in [4.78, 5) is 23.4. The molecule has 0 spiro atoms. The van der Waals surface area contributed by atoms with Crippen LogP contribution in [0.3, 0.4) is 0 Å². The number of hydrogen-bond acceptors (Lipinski definition) is 4. The second kappa shape index (κ2) is 8.83. The summed E-state index contributed by atoms with van der Waals surface area (Å²) in [5.41, 5.74) is 3.48. The molecule has 3 N–H and O–H groups in total. The maximum Gasteiger partial charge on any atom is 0.240 e. The molecule has 0 aliphatic carbocycles. The normalized spacial score (nSPS) is 10.5. The lowest BCUT2D eigenvalue weighted by Crippen LogP contribution is -2.20. The number of phenolic OH excluding ortho intramolecular Hbond substituents is 1. The molecule has 0 saturated carbocycles. The Morgan fingerprint density at radius 2 is 1.71 bits per heavy atom. The van der Waals surface area contributed by atoms with E-state index in [-0.39, 0.29) is 30.4 Å². The number of phenols is 1. The highest BCUT2D eigenvalue weighted by molar-refractivity contribution is 9.10. The Hall–Kier alpha value is -2.67. The van der Waals surface area contributed by atoms with Crippen molar-refractivity contribution in [3.63, 3.8) is 0 Å². The number of hydrogen-bond donors (Lipinski definition) is 3. The van der Waals surface area contributed by atoms with Gasteiger partial charge < -0.3 is 10.4 Å². The van der Waals surface area contributed by atoms with Crippen LogP contribution < -0.4 is 10.7 Å². The third-order valence-electron chi connectivity index (χ3n) is 3.04. The Bertz CT molecular complexity index is 745. The van der Waals surface area contributed by atoms with Crippen molar-refractivity contribution in [3.05, 3.63) is 58.6 Å². The van der Waals surface area contributed by atoms with Gasteiger partial charge in [0.1, 0.15) is 5.75 Å². The first kappa shape index (κ1) is 17.7. The van der Waals surface area contributed by atoms with Crippen molar-refractivity contribution in [2.75, 3.05) is 5.32 Å². The van der Waals surface area contributed by atoms with Gasteiger partial charge in [0.25, 0.3) is 0 Å². The van der Waals surface area contributed by atoms with E-state index in [0.717, 1.165) is 4.47 Å². The number of carbonyl (C=O) groups is 2. The summed E-state index contributed by atoms with van der Waals surface area (Å²) in [6, 6.07) is 13.8. The van der Waals surface area contributed by atoms with E-state index in [2.05, 4.69) is 31.8 Å². The molecule has 2 rings (SSSR count). The molecule has 0 unspecified atom stereocenters. The molecule has 7 heteroatoms. The van der Waals surface area contributed by atoms with Crippen LogP contribution >= 0.6 is 15.9 Å². The molecule has 0 aromatic heterocycles. The average Bonchev–Trinajstić information content (AvgIpc) is 2.57. The molecule has 0 atom stereocenters. The largest absolute Gasteiger partial charge is 0.507 e. The Labute approximate surface area is 147 Å². The second-order valence-corrected chi connectivity index (χ2v) is 5.82. The first-order valence-corrected chi connectivity index (χ1v) is 7.99. The zero-order valence-corrected chi connectivity index (χ0v) is 14.3. The van der Waals surface area contributed by atoms with E-state index in [1.165, 1.54) is 12.3 Å². The fourth-order valence-electron chi connectivity index (χ4n) is 1.81. The van der Waals surface area contributed by atoms with E-state index in [4.69, 9.17) is 0 Å². The van der Waals surface area contributed by atoms with Crippen LogP contribution in [0.1, 0.15) is 18.4 Å². The Morgan fingerprint density at radius 3 is 2.42 bits per heavy atom. The lowest BCUT2D eigenvalue weighted by Gasteiger charge is -2.05. The highest BCUT2D eigenvalue weighted by atomic mass is 79.9. The second-order valence-electron chi connectivity index (χ2n) is 4.91. The number of nitrogens with one attached hydrogen (secondary N) is 2. The average molecular weight is 390 g/mol. The zero-order valence-electron chi connectivity index (χ0n) is 12.7. The van der Waals surface area contributed by atoms with Crippen LogP contribution in [0.25, 0.3) is 0 Å².